The van der Waals surface area contributed by atoms with E-state index in [1.165, 1.54) is 26.1 Å². The number of imide groups is 1. The number of esters is 1. The molecule has 0 aliphatic carbocycles. The molecule has 0 unspecified atom stereocenters. The third-order valence-electron chi connectivity index (χ3n) is 2.43. The minimum Gasteiger partial charge on any atom is -0.449 e. The summed E-state index contributed by atoms with van der Waals surface area (Å²) < 4.78 is 4.91. The van der Waals surface area contributed by atoms with Crippen LogP contribution in [0.2, 0.25) is 10.0 Å². The number of urea groups is 1. The number of carbonyl (C=O) groups is 3. The van der Waals surface area contributed by atoms with E-state index in [0.29, 0.717) is 0 Å². The SMILES string of the molecule is CNC(=O)NC(=O)[C@@H](C)OC(=O)c1cc(Cl)cc(Cl)c1N. The molecule has 21 heavy (non-hydrogen) atoms. The Morgan fingerprint density at radius 2 is 1.90 bits per heavy atom. The summed E-state index contributed by atoms with van der Waals surface area (Å²) in [5.41, 5.74) is 5.58. The molecule has 0 aromatic heterocycles. The second-order valence-corrected chi connectivity index (χ2v) is 4.81. The lowest BCUT2D eigenvalue weighted by Gasteiger charge is -2.14. The van der Waals surface area contributed by atoms with E-state index in [9.17, 15) is 14.4 Å². The number of ether oxygens (including phenoxy) is 1. The van der Waals surface area contributed by atoms with Gasteiger partial charge >= 0.3 is 12.0 Å². The summed E-state index contributed by atoms with van der Waals surface area (Å²) in [7, 11) is 1.34. The smallest absolute Gasteiger partial charge is 0.341 e. The number of halogens is 2. The van der Waals surface area contributed by atoms with Gasteiger partial charge in [-0.1, -0.05) is 23.2 Å². The van der Waals surface area contributed by atoms with E-state index in [4.69, 9.17) is 33.7 Å². The first-order chi connectivity index (χ1) is 9.76. The Morgan fingerprint density at radius 1 is 1.29 bits per heavy atom. The molecule has 0 saturated carbocycles. The van der Waals surface area contributed by atoms with Crippen LogP contribution in [-0.4, -0.2) is 31.1 Å². The van der Waals surface area contributed by atoms with Gasteiger partial charge in [-0.15, -0.1) is 0 Å². The monoisotopic (exact) mass is 333 g/mol. The molecule has 1 aromatic rings. The second kappa shape index (κ2) is 7.14. The van der Waals surface area contributed by atoms with Crippen LogP contribution in [0.4, 0.5) is 10.5 Å². The third-order valence-corrected chi connectivity index (χ3v) is 2.96. The summed E-state index contributed by atoms with van der Waals surface area (Å²) in [6, 6.07) is 1.93. The molecule has 1 aromatic carbocycles. The average molecular weight is 334 g/mol. The minimum atomic E-state index is -1.20. The summed E-state index contributed by atoms with van der Waals surface area (Å²) in [4.78, 5) is 34.5. The van der Waals surface area contributed by atoms with Gasteiger partial charge in [-0.3, -0.25) is 10.1 Å². The van der Waals surface area contributed by atoms with Gasteiger partial charge in [0.05, 0.1) is 16.3 Å². The van der Waals surface area contributed by atoms with Gasteiger partial charge in [0.2, 0.25) is 0 Å². The van der Waals surface area contributed by atoms with Crippen molar-refractivity contribution in [2.45, 2.75) is 13.0 Å². The van der Waals surface area contributed by atoms with Gasteiger partial charge in [0.25, 0.3) is 5.91 Å². The highest BCUT2D eigenvalue weighted by Gasteiger charge is 2.22. The van der Waals surface area contributed by atoms with Crippen LogP contribution in [0.25, 0.3) is 0 Å². The number of hydrogen-bond acceptors (Lipinski definition) is 5. The third kappa shape index (κ3) is 4.51. The van der Waals surface area contributed by atoms with Crippen molar-refractivity contribution in [1.82, 2.24) is 10.6 Å². The van der Waals surface area contributed by atoms with Crippen LogP contribution in [0.5, 0.6) is 0 Å². The molecule has 0 radical (unpaired) electrons. The molecule has 4 N–H and O–H groups in total. The Morgan fingerprint density at radius 3 is 2.48 bits per heavy atom. The second-order valence-electron chi connectivity index (χ2n) is 3.96. The van der Waals surface area contributed by atoms with Crippen molar-refractivity contribution >= 4 is 46.8 Å². The van der Waals surface area contributed by atoms with Gasteiger partial charge < -0.3 is 15.8 Å². The van der Waals surface area contributed by atoms with Crippen LogP contribution in [0, 0.1) is 0 Å². The Bertz CT molecular complexity index is 592. The van der Waals surface area contributed by atoms with Gasteiger partial charge in [-0.2, -0.15) is 0 Å². The Hall–Kier alpha value is -1.99. The van der Waals surface area contributed by atoms with Crippen LogP contribution in [0.3, 0.4) is 0 Å². The fourth-order valence-corrected chi connectivity index (χ4v) is 1.80. The van der Waals surface area contributed by atoms with Crippen LogP contribution in [-0.2, 0) is 9.53 Å². The van der Waals surface area contributed by atoms with Gasteiger partial charge in [0, 0.05) is 12.1 Å². The molecule has 114 valence electrons. The fourth-order valence-electron chi connectivity index (χ4n) is 1.31. The average Bonchev–Trinajstić information content (AvgIpc) is 2.42. The van der Waals surface area contributed by atoms with Crippen molar-refractivity contribution in [2.24, 2.45) is 0 Å². The van der Waals surface area contributed by atoms with Gasteiger partial charge in [0.1, 0.15) is 0 Å². The lowest BCUT2D eigenvalue weighted by Crippen LogP contribution is -2.43. The molecule has 1 rings (SSSR count). The molecular formula is C12H13Cl2N3O4. The number of nitrogen functional groups attached to an aromatic ring is 1. The molecule has 9 heteroatoms. The number of hydrogen-bond donors (Lipinski definition) is 3. The van der Waals surface area contributed by atoms with Crippen LogP contribution in [0.1, 0.15) is 17.3 Å². The maximum atomic E-state index is 11.9. The Kier molecular flexibility index (Phi) is 5.80. The molecule has 0 aliphatic rings. The normalized spacial score (nSPS) is 11.4. The number of anilines is 1. The van der Waals surface area contributed by atoms with E-state index in [0.717, 1.165) is 0 Å². The van der Waals surface area contributed by atoms with Crippen molar-refractivity contribution in [3.63, 3.8) is 0 Å². The van der Waals surface area contributed by atoms with Crippen LogP contribution in [0.15, 0.2) is 12.1 Å². The van der Waals surface area contributed by atoms with Crippen molar-refractivity contribution in [3.8, 4) is 0 Å². The Labute approximate surface area is 130 Å². The van der Waals surface area contributed by atoms with Crippen molar-refractivity contribution in [1.29, 1.82) is 0 Å². The highest BCUT2D eigenvalue weighted by Crippen LogP contribution is 2.28. The number of benzene rings is 1. The fraction of sp³-hybridized carbons (Fsp3) is 0.250. The molecule has 3 amide bonds. The lowest BCUT2D eigenvalue weighted by molar-refractivity contribution is -0.127. The van der Waals surface area contributed by atoms with Crippen molar-refractivity contribution < 1.29 is 19.1 Å². The predicted octanol–water partition coefficient (Wildman–Crippen LogP) is 1.58. The minimum absolute atomic E-state index is 0.00928. The molecule has 0 fully saturated rings. The maximum Gasteiger partial charge on any atom is 0.341 e. The van der Waals surface area contributed by atoms with Crippen molar-refractivity contribution in [2.75, 3.05) is 12.8 Å². The number of nitrogens with one attached hydrogen (secondary N) is 2. The molecular weight excluding hydrogens is 321 g/mol. The number of rotatable bonds is 3. The van der Waals surface area contributed by atoms with Gasteiger partial charge in [-0.25, -0.2) is 9.59 Å². The predicted molar refractivity (Wildman–Crippen MR) is 78.4 cm³/mol. The zero-order valence-corrected chi connectivity index (χ0v) is 12.7. The molecule has 0 saturated heterocycles. The topological polar surface area (TPSA) is 111 Å². The van der Waals surface area contributed by atoms with Crippen molar-refractivity contribution in [3.05, 3.63) is 27.7 Å². The summed E-state index contributed by atoms with van der Waals surface area (Å²) in [6.07, 6.45) is -1.20. The Balaban J connectivity index is 2.82. The molecule has 0 heterocycles. The van der Waals surface area contributed by atoms with Gasteiger partial charge in [-0.05, 0) is 19.1 Å². The molecule has 0 spiro atoms. The van der Waals surface area contributed by atoms with Crippen LogP contribution >= 0.6 is 23.2 Å². The van der Waals surface area contributed by atoms with E-state index in [-0.39, 0.29) is 21.3 Å². The lowest BCUT2D eigenvalue weighted by atomic mass is 10.2. The summed E-state index contributed by atoms with van der Waals surface area (Å²) in [5.74, 6) is -1.66. The highest BCUT2D eigenvalue weighted by molar-refractivity contribution is 6.37. The van der Waals surface area contributed by atoms with E-state index in [2.05, 4.69) is 5.32 Å². The van der Waals surface area contributed by atoms with E-state index >= 15 is 0 Å². The number of amides is 3. The maximum absolute atomic E-state index is 11.9. The van der Waals surface area contributed by atoms with E-state index in [1.54, 1.807) is 0 Å². The van der Waals surface area contributed by atoms with Gasteiger partial charge in [0.15, 0.2) is 6.10 Å². The highest BCUT2D eigenvalue weighted by atomic mass is 35.5. The standard InChI is InChI=1S/C12H13Cl2N3O4/c1-5(10(18)17-12(20)16-2)21-11(19)7-3-6(13)4-8(14)9(7)15/h3-5H,15H2,1-2H3,(H2,16,17,18,20)/t5-/m1/s1. The number of carbonyl (C=O) groups excluding carboxylic acids is 3. The zero-order chi connectivity index (χ0) is 16.2. The van der Waals surface area contributed by atoms with E-state index in [1.807, 2.05) is 5.32 Å². The molecule has 1 atom stereocenters. The number of nitrogens with two attached hydrogens (primary N) is 1. The summed E-state index contributed by atoms with van der Waals surface area (Å²) >= 11 is 11.6. The largest absolute Gasteiger partial charge is 0.449 e. The van der Waals surface area contributed by atoms with E-state index < -0.39 is 24.0 Å². The summed E-state index contributed by atoms with van der Waals surface area (Å²) in [5, 5.41) is 4.46. The first-order valence-electron chi connectivity index (χ1n) is 5.74. The quantitative estimate of drug-likeness (QED) is 0.574. The first-order valence-corrected chi connectivity index (χ1v) is 6.50. The first kappa shape index (κ1) is 17.1. The zero-order valence-electron chi connectivity index (χ0n) is 11.2. The molecule has 0 aliphatic heterocycles. The molecule has 7 nitrogen and oxygen atoms in total. The van der Waals surface area contributed by atoms with Crippen LogP contribution < -0.4 is 16.4 Å². The molecule has 0 bridgehead atoms. The summed E-state index contributed by atoms with van der Waals surface area (Å²) in [6.45, 7) is 1.30.